The number of piperidine rings is 1. The van der Waals surface area contributed by atoms with Crippen molar-refractivity contribution >= 4 is 22.6 Å². The fourth-order valence-electron chi connectivity index (χ4n) is 7.72. The van der Waals surface area contributed by atoms with Crippen LogP contribution in [0.4, 0.5) is 10.5 Å². The number of aromatic nitrogens is 2. The predicted octanol–water partition coefficient (Wildman–Crippen LogP) is 4.72. The fraction of sp³-hybridized carbons (Fsp3) is 0.500. The largest absolute Gasteiger partial charge is 0.446 e. The van der Waals surface area contributed by atoms with Crippen LogP contribution in [0.25, 0.3) is 0 Å². The van der Waals surface area contributed by atoms with Crippen LogP contribution in [0, 0.1) is 29.1 Å². The Kier molecular flexibility index (Phi) is 9.06. The van der Waals surface area contributed by atoms with Crippen LogP contribution >= 0.6 is 0 Å². The second kappa shape index (κ2) is 13.1. The van der Waals surface area contributed by atoms with E-state index in [4.69, 9.17) is 4.74 Å². The molecule has 4 atom stereocenters. The predicted molar refractivity (Wildman–Crippen MR) is 170 cm³/mol. The van der Waals surface area contributed by atoms with Crippen molar-refractivity contribution in [3.63, 3.8) is 0 Å². The molecular weight excluding hydrogens is 572 g/mol. The van der Waals surface area contributed by atoms with E-state index in [0.717, 1.165) is 81.0 Å². The summed E-state index contributed by atoms with van der Waals surface area (Å²) >= 11 is 0. The first-order valence-corrected chi connectivity index (χ1v) is 16.9. The Morgan fingerprint density at radius 3 is 2.43 bits per heavy atom. The summed E-state index contributed by atoms with van der Waals surface area (Å²) in [7, 11) is 2.14. The number of likely N-dealkylation sites (tertiary alicyclic amines) is 1. The van der Waals surface area contributed by atoms with E-state index in [-0.39, 0.29) is 17.9 Å². The monoisotopic (exact) mass is 614 g/mol. The van der Waals surface area contributed by atoms with E-state index < -0.39 is 22.3 Å². The molecule has 44 heavy (non-hydrogen) atoms. The van der Waals surface area contributed by atoms with Gasteiger partial charge in [0.25, 0.3) is 0 Å². The molecule has 2 aromatic carbocycles. The Bertz CT molecular complexity index is 1490. The number of carbonyl (C=O) groups is 1. The molecule has 1 aliphatic carbocycles. The number of benzene rings is 2. The summed E-state index contributed by atoms with van der Waals surface area (Å²) in [6.45, 7) is 5.02. The van der Waals surface area contributed by atoms with Crippen molar-refractivity contribution < 1.29 is 13.7 Å². The number of aryl methyl sites for hydroxylation is 1. The van der Waals surface area contributed by atoms with Gasteiger partial charge in [-0.25, -0.2) is 9.00 Å². The van der Waals surface area contributed by atoms with E-state index in [2.05, 4.69) is 50.5 Å². The normalized spacial score (nSPS) is 23.3. The van der Waals surface area contributed by atoms with Gasteiger partial charge in [-0.2, -0.15) is 10.4 Å². The number of amides is 1. The number of nitrogens with zero attached hydrogens (tertiary/aromatic N) is 5. The SMILES string of the molecule is CNC(=O)O[C@H]1CCCC1C(C#N)(c1ccccc1)C1CCN(CC2CN(c3ccc(S(=O)c4ccn(C)n4)cc3)C2)CC1. The van der Waals surface area contributed by atoms with Gasteiger partial charge in [0.15, 0.2) is 5.03 Å². The van der Waals surface area contributed by atoms with Crippen LogP contribution in [-0.4, -0.2) is 70.9 Å². The lowest BCUT2D eigenvalue weighted by Crippen LogP contribution is -2.54. The van der Waals surface area contributed by atoms with Crippen LogP contribution in [0.2, 0.25) is 0 Å². The molecule has 3 fully saturated rings. The molecule has 0 bridgehead atoms. The number of rotatable bonds is 9. The van der Waals surface area contributed by atoms with E-state index in [1.54, 1.807) is 17.8 Å². The van der Waals surface area contributed by atoms with Gasteiger partial charge in [0, 0.05) is 62.3 Å². The number of hydrogen-bond donors (Lipinski definition) is 1. The number of alkyl carbamates (subject to hydrolysis) is 1. The smallest absolute Gasteiger partial charge is 0.407 e. The molecule has 3 aliphatic rings. The molecule has 2 aliphatic heterocycles. The number of anilines is 1. The molecule has 1 amide bonds. The van der Waals surface area contributed by atoms with Crippen molar-refractivity contribution in [2.24, 2.45) is 24.8 Å². The zero-order valence-corrected chi connectivity index (χ0v) is 26.4. The molecule has 1 N–H and O–H groups in total. The standard InChI is InChI=1S/C34H42N6O3S/c1-36-33(41)43-31-10-6-9-30(31)34(24-35,26-7-4-3-5-8-26)27-15-19-39(20-16-27)21-25-22-40(23-25)28-11-13-29(14-12-28)44(42)32-17-18-38(2)37-32/h3-5,7-8,11-14,17-18,25,27,30-31H,6,9-10,15-16,19-23H2,1-2H3,(H,36,41)/t30?,31-,34?,44?/m0/s1. The van der Waals surface area contributed by atoms with Gasteiger partial charge in [-0.1, -0.05) is 30.3 Å². The lowest BCUT2D eigenvalue weighted by atomic mass is 9.59. The highest BCUT2D eigenvalue weighted by molar-refractivity contribution is 7.85. The van der Waals surface area contributed by atoms with Crippen LogP contribution in [0.3, 0.4) is 0 Å². The molecule has 0 spiro atoms. The summed E-state index contributed by atoms with van der Waals surface area (Å²) in [5.41, 5.74) is 1.54. The Hall–Kier alpha value is -3.68. The zero-order chi connectivity index (χ0) is 30.7. The first kappa shape index (κ1) is 30.4. The molecule has 3 heterocycles. The molecule has 1 saturated carbocycles. The third-order valence-electron chi connectivity index (χ3n) is 9.94. The second-order valence-electron chi connectivity index (χ2n) is 12.5. The molecule has 6 rings (SSSR count). The quantitative estimate of drug-likeness (QED) is 0.372. The van der Waals surface area contributed by atoms with Crippen LogP contribution in [-0.2, 0) is 28.0 Å². The Morgan fingerprint density at radius 1 is 1.07 bits per heavy atom. The van der Waals surface area contributed by atoms with Crippen molar-refractivity contribution in [2.45, 2.75) is 53.5 Å². The molecule has 232 valence electrons. The van der Waals surface area contributed by atoms with Gasteiger partial charge in [-0.05, 0) is 87.0 Å². The van der Waals surface area contributed by atoms with Gasteiger partial charge in [0.1, 0.15) is 16.9 Å². The van der Waals surface area contributed by atoms with Crippen molar-refractivity contribution in [3.8, 4) is 6.07 Å². The molecule has 10 heteroatoms. The minimum absolute atomic E-state index is 0.0169. The molecule has 3 aromatic rings. The summed E-state index contributed by atoms with van der Waals surface area (Å²) in [6.07, 6.45) is 5.71. The summed E-state index contributed by atoms with van der Waals surface area (Å²) in [6, 6.07) is 22.9. The van der Waals surface area contributed by atoms with Crippen molar-refractivity contribution in [1.29, 1.82) is 5.26 Å². The van der Waals surface area contributed by atoms with Gasteiger partial charge < -0.3 is 19.9 Å². The van der Waals surface area contributed by atoms with Crippen molar-refractivity contribution in [2.75, 3.05) is 44.7 Å². The van der Waals surface area contributed by atoms with E-state index in [0.29, 0.717) is 10.9 Å². The fourth-order valence-corrected chi connectivity index (χ4v) is 8.73. The number of nitrogens with one attached hydrogen (secondary N) is 1. The van der Waals surface area contributed by atoms with Crippen molar-refractivity contribution in [1.82, 2.24) is 20.0 Å². The highest BCUT2D eigenvalue weighted by Crippen LogP contribution is 2.51. The van der Waals surface area contributed by atoms with E-state index in [9.17, 15) is 14.3 Å². The maximum atomic E-state index is 12.8. The number of ether oxygens (including phenoxy) is 1. The summed E-state index contributed by atoms with van der Waals surface area (Å²) < 4.78 is 20.3. The Morgan fingerprint density at radius 2 is 1.80 bits per heavy atom. The highest BCUT2D eigenvalue weighted by atomic mass is 32.2. The van der Waals surface area contributed by atoms with Gasteiger partial charge >= 0.3 is 6.09 Å². The first-order valence-electron chi connectivity index (χ1n) is 15.7. The zero-order valence-electron chi connectivity index (χ0n) is 25.6. The minimum atomic E-state index is -1.27. The van der Waals surface area contributed by atoms with E-state index >= 15 is 0 Å². The van der Waals surface area contributed by atoms with Gasteiger partial charge in [0.2, 0.25) is 0 Å². The van der Waals surface area contributed by atoms with Crippen LogP contribution in [0.1, 0.15) is 37.7 Å². The molecular formula is C34H42N6O3S. The third kappa shape index (κ3) is 6.00. The summed E-state index contributed by atoms with van der Waals surface area (Å²) in [5.74, 6) is 0.790. The van der Waals surface area contributed by atoms with Gasteiger partial charge in [-0.3, -0.25) is 4.68 Å². The van der Waals surface area contributed by atoms with Gasteiger partial charge in [0.05, 0.1) is 11.5 Å². The average molecular weight is 615 g/mol. The molecule has 3 unspecified atom stereocenters. The molecule has 1 aromatic heterocycles. The Labute approximate surface area is 262 Å². The maximum absolute atomic E-state index is 12.8. The first-order chi connectivity index (χ1) is 21.4. The van der Waals surface area contributed by atoms with Crippen LogP contribution < -0.4 is 10.2 Å². The average Bonchev–Trinajstić information content (AvgIpc) is 3.69. The van der Waals surface area contributed by atoms with E-state index in [1.807, 2.05) is 43.6 Å². The van der Waals surface area contributed by atoms with E-state index in [1.165, 1.54) is 0 Å². The Balaban J connectivity index is 1.06. The summed E-state index contributed by atoms with van der Waals surface area (Å²) in [5, 5.41) is 18.4. The lowest BCUT2D eigenvalue weighted by Gasteiger charge is -2.47. The molecule has 9 nitrogen and oxygen atoms in total. The number of nitriles is 1. The number of hydrogen-bond acceptors (Lipinski definition) is 7. The number of carbonyl (C=O) groups excluding carboxylic acids is 1. The molecule has 0 radical (unpaired) electrons. The topological polar surface area (TPSA) is 103 Å². The maximum Gasteiger partial charge on any atom is 0.407 e. The van der Waals surface area contributed by atoms with Crippen LogP contribution in [0.5, 0.6) is 0 Å². The third-order valence-corrected chi connectivity index (χ3v) is 11.2. The van der Waals surface area contributed by atoms with Crippen molar-refractivity contribution in [3.05, 3.63) is 72.4 Å². The lowest BCUT2D eigenvalue weighted by molar-refractivity contribution is 0.0307. The van der Waals surface area contributed by atoms with Crippen LogP contribution in [0.15, 0.2) is 76.8 Å². The summed E-state index contributed by atoms with van der Waals surface area (Å²) in [4.78, 5) is 17.9. The second-order valence-corrected chi connectivity index (χ2v) is 13.9. The van der Waals surface area contributed by atoms with Gasteiger partial charge in [-0.15, -0.1) is 0 Å². The highest BCUT2D eigenvalue weighted by Gasteiger charge is 2.53. The molecule has 2 saturated heterocycles. The minimum Gasteiger partial charge on any atom is -0.446 e.